The number of methoxy groups -OCH3 is 1. The summed E-state index contributed by atoms with van der Waals surface area (Å²) in [4.78, 5) is 0. The third-order valence-corrected chi connectivity index (χ3v) is 8.43. The molecule has 0 radical (unpaired) electrons. The lowest BCUT2D eigenvalue weighted by Crippen LogP contribution is -2.65. The zero-order valence-electron chi connectivity index (χ0n) is 19.0. The van der Waals surface area contributed by atoms with Crippen molar-refractivity contribution in [3.8, 4) is 16.9 Å². The minimum Gasteiger partial charge on any atom is -0.496 e. The van der Waals surface area contributed by atoms with Gasteiger partial charge in [-0.05, 0) is 66.2 Å². The number of nitrogen functional groups attached to an aromatic ring is 1. The van der Waals surface area contributed by atoms with Crippen molar-refractivity contribution in [2.75, 3.05) is 12.8 Å². The number of rotatable bonds is 3. The molecule has 4 fully saturated rings. The molecule has 2 aromatic carbocycles. The van der Waals surface area contributed by atoms with Gasteiger partial charge in [-0.15, -0.1) is 0 Å². The van der Waals surface area contributed by atoms with Crippen molar-refractivity contribution >= 4 is 29.2 Å². The maximum Gasteiger partial charge on any atom is 0.494 e. The predicted molar refractivity (Wildman–Crippen MR) is 126 cm³/mol. The average Bonchev–Trinajstić information content (AvgIpc) is 3.15. The quantitative estimate of drug-likeness (QED) is 0.638. The smallest absolute Gasteiger partial charge is 0.494 e. The van der Waals surface area contributed by atoms with Gasteiger partial charge in [0.2, 0.25) is 0 Å². The molecule has 1 aromatic heterocycles. The number of nitrogens with zero attached hydrogens (tertiary/aromatic N) is 2. The molecule has 1 saturated heterocycles. The number of hydrogen-bond acceptors (Lipinski definition) is 6. The van der Waals surface area contributed by atoms with Gasteiger partial charge in [0.25, 0.3) is 0 Å². The van der Waals surface area contributed by atoms with Crippen molar-refractivity contribution in [3.05, 3.63) is 42.6 Å². The fourth-order valence-corrected chi connectivity index (χ4v) is 6.36. The van der Waals surface area contributed by atoms with Gasteiger partial charge in [0.15, 0.2) is 0 Å². The van der Waals surface area contributed by atoms with Crippen LogP contribution < -0.4 is 15.9 Å². The first-order chi connectivity index (χ1) is 15.3. The number of nitrogens with two attached hydrogens (primary N) is 1. The molecule has 3 aromatic rings. The van der Waals surface area contributed by atoms with Gasteiger partial charge in [-0.3, -0.25) is 0 Å². The van der Waals surface area contributed by atoms with Crippen molar-refractivity contribution in [2.24, 2.45) is 17.3 Å². The van der Waals surface area contributed by atoms with Crippen molar-refractivity contribution in [3.63, 3.8) is 0 Å². The summed E-state index contributed by atoms with van der Waals surface area (Å²) >= 11 is 0. The maximum atomic E-state index is 6.67. The van der Waals surface area contributed by atoms with E-state index >= 15 is 0 Å². The van der Waals surface area contributed by atoms with E-state index in [1.807, 2.05) is 30.3 Å². The summed E-state index contributed by atoms with van der Waals surface area (Å²) in [7, 11) is 1.31. The van der Waals surface area contributed by atoms with E-state index in [2.05, 4.69) is 37.0 Å². The lowest BCUT2D eigenvalue weighted by molar-refractivity contribution is -0.199. The molecule has 2 N–H and O–H groups in total. The van der Waals surface area contributed by atoms with E-state index in [0.29, 0.717) is 17.0 Å². The number of ether oxygens (including phenoxy) is 1. The Hall–Kier alpha value is -2.64. The summed E-state index contributed by atoms with van der Waals surface area (Å²) in [6, 6.07) is 12.2. The van der Waals surface area contributed by atoms with Crippen LogP contribution in [-0.4, -0.2) is 36.1 Å². The van der Waals surface area contributed by atoms with Gasteiger partial charge in [0, 0.05) is 10.9 Å². The molecule has 7 rings (SSSR count). The van der Waals surface area contributed by atoms with Gasteiger partial charge in [-0.2, -0.15) is 10.2 Å². The molecule has 7 heteroatoms. The lowest BCUT2D eigenvalue weighted by Gasteiger charge is -2.64. The Morgan fingerprint density at radius 2 is 1.97 bits per heavy atom. The van der Waals surface area contributed by atoms with Gasteiger partial charge in [-0.25, -0.2) is 0 Å². The van der Waals surface area contributed by atoms with Crippen LogP contribution in [0.1, 0.15) is 33.6 Å². The molecule has 0 amide bonds. The number of fused-ring (bicyclic) bond motifs is 1. The fourth-order valence-electron chi connectivity index (χ4n) is 6.36. The molecular formula is C25H28BN3O3. The average molecular weight is 429 g/mol. The SMILES string of the molecule is COc1ccc(B2O[C@@H]3C[C@@H]4C[C@@H](C4(C)C)[C@]3(C)O2)cc1-c1ccc2c(N)cnnc2c1. The van der Waals surface area contributed by atoms with E-state index in [4.69, 9.17) is 19.8 Å². The van der Waals surface area contributed by atoms with E-state index < -0.39 is 0 Å². The monoisotopic (exact) mass is 429 g/mol. The second-order valence-electron chi connectivity index (χ2n) is 10.3. The maximum absolute atomic E-state index is 6.67. The Morgan fingerprint density at radius 3 is 2.75 bits per heavy atom. The Balaban J connectivity index is 1.37. The highest BCUT2D eigenvalue weighted by molar-refractivity contribution is 6.62. The van der Waals surface area contributed by atoms with Gasteiger partial charge >= 0.3 is 7.12 Å². The number of anilines is 1. The van der Waals surface area contributed by atoms with Crippen LogP contribution in [0.25, 0.3) is 22.0 Å². The highest BCUT2D eigenvalue weighted by atomic mass is 16.7. The van der Waals surface area contributed by atoms with E-state index in [9.17, 15) is 0 Å². The van der Waals surface area contributed by atoms with Gasteiger partial charge < -0.3 is 19.8 Å². The molecule has 32 heavy (non-hydrogen) atoms. The molecule has 164 valence electrons. The summed E-state index contributed by atoms with van der Waals surface area (Å²) in [5, 5.41) is 9.13. The third kappa shape index (κ3) is 2.67. The van der Waals surface area contributed by atoms with Crippen LogP contribution in [0.4, 0.5) is 5.69 Å². The van der Waals surface area contributed by atoms with Crippen molar-refractivity contribution < 1.29 is 14.0 Å². The lowest BCUT2D eigenvalue weighted by atomic mass is 9.43. The van der Waals surface area contributed by atoms with Crippen LogP contribution in [0.3, 0.4) is 0 Å². The molecule has 4 aliphatic rings. The van der Waals surface area contributed by atoms with Crippen LogP contribution >= 0.6 is 0 Å². The van der Waals surface area contributed by atoms with Gasteiger partial charge in [0.1, 0.15) is 5.75 Å². The van der Waals surface area contributed by atoms with E-state index in [-0.39, 0.29) is 18.8 Å². The summed E-state index contributed by atoms with van der Waals surface area (Å²) in [6.45, 7) is 7.01. The van der Waals surface area contributed by atoms with E-state index in [1.54, 1.807) is 13.3 Å². The Labute approximate surface area is 188 Å². The molecule has 0 unspecified atom stereocenters. The Bertz CT molecular complexity index is 1230. The number of aromatic nitrogens is 2. The fraction of sp³-hybridized carbons (Fsp3) is 0.440. The van der Waals surface area contributed by atoms with Gasteiger partial charge in [0.05, 0.1) is 36.2 Å². The molecular weight excluding hydrogens is 401 g/mol. The first-order valence-corrected chi connectivity index (χ1v) is 11.3. The van der Waals surface area contributed by atoms with E-state index in [0.717, 1.165) is 45.6 Å². The van der Waals surface area contributed by atoms with Crippen LogP contribution in [0.2, 0.25) is 0 Å². The predicted octanol–water partition coefficient (Wildman–Crippen LogP) is 3.82. The summed E-state index contributed by atoms with van der Waals surface area (Å²) in [6.07, 6.45) is 4.04. The van der Waals surface area contributed by atoms with Crippen LogP contribution in [-0.2, 0) is 9.31 Å². The summed E-state index contributed by atoms with van der Waals surface area (Å²) in [5.41, 5.74) is 10.5. The molecule has 3 aliphatic carbocycles. The molecule has 4 atom stereocenters. The first kappa shape index (κ1) is 20.0. The molecule has 2 bridgehead atoms. The molecule has 6 nitrogen and oxygen atoms in total. The van der Waals surface area contributed by atoms with Crippen LogP contribution in [0.5, 0.6) is 5.75 Å². The normalized spacial score (nSPS) is 30.1. The van der Waals surface area contributed by atoms with Gasteiger partial charge in [-0.1, -0.05) is 32.0 Å². The zero-order chi connectivity index (χ0) is 22.3. The molecule has 0 spiro atoms. The molecule has 3 saturated carbocycles. The third-order valence-electron chi connectivity index (χ3n) is 8.43. The largest absolute Gasteiger partial charge is 0.496 e. The highest BCUT2D eigenvalue weighted by Crippen LogP contribution is 2.65. The van der Waals surface area contributed by atoms with Crippen LogP contribution in [0, 0.1) is 17.3 Å². The van der Waals surface area contributed by atoms with Crippen LogP contribution in [0.15, 0.2) is 42.6 Å². The number of hydrogen-bond donors (Lipinski definition) is 1. The van der Waals surface area contributed by atoms with Crippen molar-refractivity contribution in [1.29, 1.82) is 0 Å². The minimum absolute atomic E-state index is 0.147. The second kappa shape index (κ2) is 6.69. The Morgan fingerprint density at radius 1 is 1.12 bits per heavy atom. The van der Waals surface area contributed by atoms with E-state index in [1.165, 1.54) is 6.42 Å². The summed E-state index contributed by atoms with van der Waals surface area (Å²) < 4.78 is 18.8. The standard InChI is InChI=1S/C25H28BN3O3/c1-24(2)15-10-22(24)25(3)23(11-15)31-26(32-25)16-6-8-21(30-4)18(12-16)14-5-7-17-19(27)13-28-29-20(17)9-14/h5-9,12-13,15,22-23H,10-11H2,1-4H3,(H2,27,29)/t15-,22-,23+,25-/m0/s1. The molecule has 1 aliphatic heterocycles. The first-order valence-electron chi connectivity index (χ1n) is 11.3. The molecule has 2 heterocycles. The number of benzene rings is 2. The second-order valence-corrected chi connectivity index (χ2v) is 10.3. The highest BCUT2D eigenvalue weighted by Gasteiger charge is 2.68. The van der Waals surface area contributed by atoms with Crippen molar-refractivity contribution in [2.45, 2.75) is 45.3 Å². The summed E-state index contributed by atoms with van der Waals surface area (Å²) in [5.74, 6) is 2.05. The van der Waals surface area contributed by atoms with Crippen molar-refractivity contribution in [1.82, 2.24) is 10.2 Å². The minimum atomic E-state index is -0.374. The topological polar surface area (TPSA) is 79.5 Å². The Kier molecular flexibility index (Phi) is 4.18. The zero-order valence-corrected chi connectivity index (χ0v) is 19.0.